The largest absolute Gasteiger partial charge is 0.248 e. The van der Waals surface area contributed by atoms with E-state index in [1.807, 2.05) is 24.3 Å². The number of fused-ring (bicyclic) bond motifs is 5. The number of aromatic nitrogens is 1. The predicted octanol–water partition coefficient (Wildman–Crippen LogP) is 10.3. The first-order valence-electron chi connectivity index (χ1n) is 14.6. The van der Waals surface area contributed by atoms with Crippen LogP contribution in [0.2, 0.25) is 0 Å². The van der Waals surface area contributed by atoms with Crippen molar-refractivity contribution in [2.24, 2.45) is 0 Å². The summed E-state index contributed by atoms with van der Waals surface area (Å²) in [7, 11) is 0. The SMILES string of the molecule is N#Cc1cccc2c1-c1cc(-c3ccc(-c4cc(-c5ccccc5)cc(-c5ccccc5)n4)cc3)c3ccccc3c1C2. The van der Waals surface area contributed by atoms with E-state index in [1.54, 1.807) is 0 Å². The summed E-state index contributed by atoms with van der Waals surface area (Å²) in [5, 5.41) is 12.4. The first-order valence-corrected chi connectivity index (χ1v) is 14.6. The van der Waals surface area contributed by atoms with Crippen molar-refractivity contribution in [1.82, 2.24) is 4.98 Å². The minimum atomic E-state index is 0.742. The molecular weight excluding hydrogens is 520 g/mol. The lowest BCUT2D eigenvalue weighted by Gasteiger charge is -2.14. The van der Waals surface area contributed by atoms with Gasteiger partial charge in [-0.1, -0.05) is 121 Å². The van der Waals surface area contributed by atoms with Gasteiger partial charge in [-0.3, -0.25) is 0 Å². The van der Waals surface area contributed by atoms with E-state index in [1.165, 1.54) is 38.6 Å². The average Bonchev–Trinajstić information content (AvgIpc) is 3.48. The number of rotatable bonds is 4. The molecule has 6 aromatic carbocycles. The van der Waals surface area contributed by atoms with Crippen LogP contribution in [0.4, 0.5) is 0 Å². The lowest BCUT2D eigenvalue weighted by Crippen LogP contribution is -1.92. The molecule has 8 rings (SSSR count). The molecule has 0 aliphatic heterocycles. The topological polar surface area (TPSA) is 36.7 Å². The molecule has 1 aromatic heterocycles. The van der Waals surface area contributed by atoms with Gasteiger partial charge < -0.3 is 0 Å². The summed E-state index contributed by atoms with van der Waals surface area (Å²) in [4.78, 5) is 5.11. The van der Waals surface area contributed by atoms with Crippen LogP contribution >= 0.6 is 0 Å². The van der Waals surface area contributed by atoms with E-state index in [0.29, 0.717) is 0 Å². The summed E-state index contributed by atoms with van der Waals surface area (Å²) >= 11 is 0. The van der Waals surface area contributed by atoms with Gasteiger partial charge in [-0.25, -0.2) is 4.98 Å². The zero-order valence-corrected chi connectivity index (χ0v) is 23.5. The third kappa shape index (κ3) is 4.31. The quantitative estimate of drug-likeness (QED) is 0.220. The van der Waals surface area contributed by atoms with Crippen LogP contribution in [-0.4, -0.2) is 4.98 Å². The van der Waals surface area contributed by atoms with E-state index < -0.39 is 0 Å². The molecule has 0 bridgehead atoms. The Bertz CT molecular complexity index is 2130. The maximum Gasteiger partial charge on any atom is 0.0998 e. The first-order chi connectivity index (χ1) is 21.3. The van der Waals surface area contributed by atoms with Gasteiger partial charge in [0.15, 0.2) is 0 Å². The highest BCUT2D eigenvalue weighted by atomic mass is 14.7. The fraction of sp³-hybridized carbons (Fsp3) is 0.0244. The molecule has 43 heavy (non-hydrogen) atoms. The zero-order chi connectivity index (χ0) is 28.8. The number of nitriles is 1. The second kappa shape index (κ2) is 10.2. The van der Waals surface area contributed by atoms with E-state index in [2.05, 4.69) is 127 Å². The number of pyridine rings is 1. The Hall–Kier alpha value is -5.78. The van der Waals surface area contributed by atoms with Crippen LogP contribution in [-0.2, 0) is 6.42 Å². The summed E-state index contributed by atoms with van der Waals surface area (Å²) < 4.78 is 0. The number of hydrogen-bond donors (Lipinski definition) is 0. The normalized spacial score (nSPS) is 11.6. The molecule has 0 atom stereocenters. The monoisotopic (exact) mass is 546 g/mol. The molecule has 2 nitrogen and oxygen atoms in total. The molecule has 1 aliphatic carbocycles. The number of hydrogen-bond acceptors (Lipinski definition) is 2. The third-order valence-corrected chi connectivity index (χ3v) is 8.56. The molecule has 0 fully saturated rings. The summed E-state index contributed by atoms with van der Waals surface area (Å²) in [6.07, 6.45) is 0.854. The van der Waals surface area contributed by atoms with E-state index in [9.17, 15) is 5.26 Å². The van der Waals surface area contributed by atoms with Crippen molar-refractivity contribution in [3.05, 3.63) is 162 Å². The van der Waals surface area contributed by atoms with Crippen LogP contribution in [0.3, 0.4) is 0 Å². The third-order valence-electron chi connectivity index (χ3n) is 8.56. The highest BCUT2D eigenvalue weighted by Gasteiger charge is 2.25. The first kappa shape index (κ1) is 25.0. The van der Waals surface area contributed by atoms with Gasteiger partial charge in [0.05, 0.1) is 23.0 Å². The molecule has 1 heterocycles. The average molecular weight is 547 g/mol. The highest BCUT2D eigenvalue weighted by molar-refractivity contribution is 6.05. The van der Waals surface area contributed by atoms with Crippen molar-refractivity contribution < 1.29 is 0 Å². The summed E-state index contributed by atoms with van der Waals surface area (Å²) in [5.74, 6) is 0. The molecular formula is C41H26N2. The molecule has 1 aliphatic rings. The Morgan fingerprint density at radius 3 is 1.79 bits per heavy atom. The van der Waals surface area contributed by atoms with Crippen molar-refractivity contribution >= 4 is 10.8 Å². The van der Waals surface area contributed by atoms with E-state index in [0.717, 1.165) is 51.2 Å². The number of nitrogens with zero attached hydrogens (tertiary/aromatic N) is 2. The Morgan fingerprint density at radius 1 is 0.488 bits per heavy atom. The van der Waals surface area contributed by atoms with Gasteiger partial charge in [0.1, 0.15) is 0 Å². The van der Waals surface area contributed by atoms with Crippen LogP contribution < -0.4 is 0 Å². The van der Waals surface area contributed by atoms with Crippen molar-refractivity contribution in [2.45, 2.75) is 6.42 Å². The van der Waals surface area contributed by atoms with Gasteiger partial charge in [-0.2, -0.15) is 5.26 Å². The fourth-order valence-electron chi connectivity index (χ4n) is 6.49. The molecule has 2 heteroatoms. The molecule has 0 radical (unpaired) electrons. The van der Waals surface area contributed by atoms with Gasteiger partial charge in [-0.15, -0.1) is 0 Å². The molecule has 0 spiro atoms. The van der Waals surface area contributed by atoms with E-state index in [-0.39, 0.29) is 0 Å². The Balaban J connectivity index is 1.26. The molecule has 0 amide bonds. The standard InChI is InChI=1S/C41H26N2/c42-26-32-15-9-14-31-22-37-35-17-8-7-16-34(35)36(25-38(37)41(31)32)28-18-20-30(21-19-28)40-24-33(27-10-3-1-4-11-27)23-39(43-40)29-12-5-2-6-13-29/h1-21,23-25H,22H2. The van der Waals surface area contributed by atoms with Gasteiger partial charge in [-0.05, 0) is 80.4 Å². The summed E-state index contributed by atoms with van der Waals surface area (Å²) in [5.41, 5.74) is 14.2. The summed E-state index contributed by atoms with van der Waals surface area (Å²) in [6, 6.07) is 53.4. The maximum atomic E-state index is 9.89. The highest BCUT2D eigenvalue weighted by Crippen LogP contribution is 2.45. The van der Waals surface area contributed by atoms with Gasteiger partial charge in [0.2, 0.25) is 0 Å². The molecule has 0 saturated heterocycles. The lowest BCUT2D eigenvalue weighted by atomic mass is 9.90. The van der Waals surface area contributed by atoms with Crippen LogP contribution in [0.25, 0.3) is 66.7 Å². The second-order valence-corrected chi connectivity index (χ2v) is 11.1. The Labute approximate surface area is 251 Å². The number of benzene rings is 6. The summed E-state index contributed by atoms with van der Waals surface area (Å²) in [6.45, 7) is 0. The predicted molar refractivity (Wildman–Crippen MR) is 176 cm³/mol. The minimum absolute atomic E-state index is 0.742. The maximum absolute atomic E-state index is 9.89. The van der Waals surface area contributed by atoms with Crippen LogP contribution in [0.15, 0.2) is 146 Å². The fourth-order valence-corrected chi connectivity index (χ4v) is 6.49. The Kier molecular flexibility index (Phi) is 5.95. The minimum Gasteiger partial charge on any atom is -0.248 e. The van der Waals surface area contributed by atoms with E-state index >= 15 is 0 Å². The molecule has 0 N–H and O–H groups in total. The van der Waals surface area contributed by atoms with Gasteiger partial charge in [0, 0.05) is 16.7 Å². The Morgan fingerprint density at radius 2 is 1.09 bits per heavy atom. The molecule has 0 unspecified atom stereocenters. The van der Waals surface area contributed by atoms with Crippen molar-refractivity contribution in [3.63, 3.8) is 0 Å². The van der Waals surface area contributed by atoms with Crippen LogP contribution in [0.5, 0.6) is 0 Å². The van der Waals surface area contributed by atoms with Gasteiger partial charge in [0.25, 0.3) is 0 Å². The van der Waals surface area contributed by atoms with Crippen LogP contribution in [0.1, 0.15) is 16.7 Å². The molecule has 7 aromatic rings. The lowest BCUT2D eigenvalue weighted by molar-refractivity contribution is 1.28. The second-order valence-electron chi connectivity index (χ2n) is 11.1. The molecule has 200 valence electrons. The molecule has 0 saturated carbocycles. The van der Waals surface area contributed by atoms with Crippen molar-refractivity contribution in [3.8, 4) is 62.0 Å². The van der Waals surface area contributed by atoms with E-state index in [4.69, 9.17) is 4.98 Å². The van der Waals surface area contributed by atoms with Crippen molar-refractivity contribution in [1.29, 1.82) is 5.26 Å². The van der Waals surface area contributed by atoms with Crippen molar-refractivity contribution in [2.75, 3.05) is 0 Å². The van der Waals surface area contributed by atoms with Gasteiger partial charge >= 0.3 is 0 Å². The van der Waals surface area contributed by atoms with Crippen LogP contribution in [0, 0.1) is 11.3 Å². The zero-order valence-electron chi connectivity index (χ0n) is 23.5. The smallest absolute Gasteiger partial charge is 0.0998 e.